The van der Waals surface area contributed by atoms with E-state index in [9.17, 15) is 4.79 Å². The lowest BCUT2D eigenvalue weighted by Crippen LogP contribution is -2.24. The summed E-state index contributed by atoms with van der Waals surface area (Å²) in [5, 5.41) is 3.64. The van der Waals surface area contributed by atoms with Crippen LogP contribution in [-0.4, -0.2) is 12.2 Å². The predicted molar refractivity (Wildman–Crippen MR) is 57.1 cm³/mol. The first-order valence-electron chi connectivity index (χ1n) is 3.44. The second-order valence-corrected chi connectivity index (χ2v) is 4.43. The molecule has 4 nitrogen and oxygen atoms in total. The minimum atomic E-state index is -0.663. The number of rotatable bonds is 2. The summed E-state index contributed by atoms with van der Waals surface area (Å²) in [5.74, 6) is 0. The van der Waals surface area contributed by atoms with Crippen LogP contribution >= 0.6 is 27.3 Å². The van der Waals surface area contributed by atoms with E-state index in [2.05, 4.69) is 26.5 Å². The van der Waals surface area contributed by atoms with Crippen molar-refractivity contribution in [3.05, 3.63) is 20.3 Å². The van der Waals surface area contributed by atoms with Gasteiger partial charge in [0.05, 0.1) is 6.21 Å². The maximum atomic E-state index is 10.3. The average molecular weight is 262 g/mol. The number of carbonyl (C=O) groups excluding carboxylic acids is 1. The number of hydrogen-bond acceptors (Lipinski definition) is 3. The van der Waals surface area contributed by atoms with Crippen LogP contribution < -0.4 is 11.2 Å². The van der Waals surface area contributed by atoms with Crippen LogP contribution in [-0.2, 0) is 0 Å². The SMILES string of the molecule is Cc1sc(/C=N/NC(N)=O)cc1Br. The zero-order valence-corrected chi connectivity index (χ0v) is 9.28. The summed E-state index contributed by atoms with van der Waals surface area (Å²) < 4.78 is 1.04. The number of nitrogens with two attached hydrogens (primary N) is 1. The number of primary amides is 1. The van der Waals surface area contributed by atoms with Crippen LogP contribution in [0.4, 0.5) is 4.79 Å². The molecule has 0 unspecified atom stereocenters. The summed E-state index contributed by atoms with van der Waals surface area (Å²) in [6.45, 7) is 1.99. The van der Waals surface area contributed by atoms with E-state index in [-0.39, 0.29) is 0 Å². The first-order chi connectivity index (χ1) is 6.09. The highest BCUT2D eigenvalue weighted by molar-refractivity contribution is 9.10. The molecule has 0 radical (unpaired) electrons. The van der Waals surface area contributed by atoms with Gasteiger partial charge >= 0.3 is 6.03 Å². The van der Waals surface area contributed by atoms with Crippen LogP contribution in [0.25, 0.3) is 0 Å². The summed E-state index contributed by atoms with van der Waals surface area (Å²) in [7, 11) is 0. The third kappa shape index (κ3) is 3.16. The first-order valence-corrected chi connectivity index (χ1v) is 5.05. The second-order valence-electron chi connectivity index (χ2n) is 2.29. The molecule has 1 heterocycles. The Labute approximate surface area is 88.0 Å². The Kier molecular flexibility index (Phi) is 3.44. The highest BCUT2D eigenvalue weighted by Crippen LogP contribution is 2.24. The van der Waals surface area contributed by atoms with E-state index in [0.717, 1.165) is 9.35 Å². The lowest BCUT2D eigenvalue weighted by Gasteiger charge is -1.88. The molecular weight excluding hydrogens is 254 g/mol. The molecule has 0 saturated heterocycles. The second kappa shape index (κ2) is 4.38. The Morgan fingerprint density at radius 1 is 1.85 bits per heavy atom. The molecule has 0 aromatic carbocycles. The number of halogens is 1. The third-order valence-corrected chi connectivity index (χ3v) is 3.31. The molecule has 3 N–H and O–H groups in total. The van der Waals surface area contributed by atoms with Crippen molar-refractivity contribution in [2.24, 2.45) is 10.8 Å². The van der Waals surface area contributed by atoms with Crippen LogP contribution in [0.1, 0.15) is 9.75 Å². The Balaban J connectivity index is 2.64. The molecule has 6 heteroatoms. The van der Waals surface area contributed by atoms with Crippen molar-refractivity contribution in [1.29, 1.82) is 0 Å². The number of carbonyl (C=O) groups is 1. The van der Waals surface area contributed by atoms with E-state index in [1.165, 1.54) is 4.88 Å². The fraction of sp³-hybridized carbons (Fsp3) is 0.143. The van der Waals surface area contributed by atoms with Gasteiger partial charge in [-0.05, 0) is 28.9 Å². The number of urea groups is 1. The van der Waals surface area contributed by atoms with Gasteiger partial charge < -0.3 is 5.73 Å². The van der Waals surface area contributed by atoms with E-state index >= 15 is 0 Å². The third-order valence-electron chi connectivity index (χ3n) is 1.24. The summed E-state index contributed by atoms with van der Waals surface area (Å²) in [6, 6.07) is 1.26. The molecule has 70 valence electrons. The van der Waals surface area contributed by atoms with Crippen LogP contribution in [0.5, 0.6) is 0 Å². The zero-order chi connectivity index (χ0) is 9.84. The number of aryl methyl sites for hydroxylation is 1. The Morgan fingerprint density at radius 3 is 3.00 bits per heavy atom. The summed E-state index contributed by atoms with van der Waals surface area (Å²) in [4.78, 5) is 12.4. The van der Waals surface area contributed by atoms with Gasteiger partial charge in [0.25, 0.3) is 0 Å². The Hall–Kier alpha value is -0.880. The number of hydrazone groups is 1. The van der Waals surface area contributed by atoms with Gasteiger partial charge in [-0.2, -0.15) is 5.10 Å². The normalized spacial score (nSPS) is 10.6. The lowest BCUT2D eigenvalue weighted by atomic mass is 10.4. The summed E-state index contributed by atoms with van der Waals surface area (Å²) in [6.07, 6.45) is 1.55. The molecule has 0 aliphatic carbocycles. The molecule has 13 heavy (non-hydrogen) atoms. The van der Waals surface area contributed by atoms with Gasteiger partial charge in [-0.15, -0.1) is 11.3 Å². The van der Waals surface area contributed by atoms with E-state index in [1.54, 1.807) is 17.6 Å². The van der Waals surface area contributed by atoms with Gasteiger partial charge in [0.15, 0.2) is 0 Å². The molecule has 0 bridgehead atoms. The maximum absolute atomic E-state index is 10.3. The fourth-order valence-corrected chi connectivity index (χ4v) is 2.14. The van der Waals surface area contributed by atoms with Crippen LogP contribution in [0.15, 0.2) is 15.6 Å². The Bertz CT molecular complexity index is 328. The number of amides is 2. The van der Waals surface area contributed by atoms with Crippen molar-refractivity contribution in [2.45, 2.75) is 6.92 Å². The summed E-state index contributed by atoms with van der Waals surface area (Å²) >= 11 is 4.95. The van der Waals surface area contributed by atoms with Crippen molar-refractivity contribution in [3.63, 3.8) is 0 Å². The van der Waals surface area contributed by atoms with Crippen molar-refractivity contribution in [2.75, 3.05) is 0 Å². The Morgan fingerprint density at radius 2 is 2.54 bits per heavy atom. The highest BCUT2D eigenvalue weighted by Gasteiger charge is 1.99. The molecule has 0 spiro atoms. The van der Waals surface area contributed by atoms with Gasteiger partial charge in [-0.3, -0.25) is 0 Å². The monoisotopic (exact) mass is 261 g/mol. The minimum absolute atomic E-state index is 0.663. The summed E-state index contributed by atoms with van der Waals surface area (Å²) in [5.41, 5.74) is 6.94. The lowest BCUT2D eigenvalue weighted by molar-refractivity contribution is 0.249. The van der Waals surface area contributed by atoms with E-state index in [1.807, 2.05) is 13.0 Å². The van der Waals surface area contributed by atoms with Crippen molar-refractivity contribution in [1.82, 2.24) is 5.43 Å². The van der Waals surface area contributed by atoms with Gasteiger partial charge in [0.1, 0.15) is 0 Å². The van der Waals surface area contributed by atoms with Crippen LogP contribution in [0.2, 0.25) is 0 Å². The van der Waals surface area contributed by atoms with E-state index < -0.39 is 6.03 Å². The van der Waals surface area contributed by atoms with E-state index in [4.69, 9.17) is 5.73 Å². The molecule has 1 rings (SSSR count). The number of nitrogens with one attached hydrogen (secondary N) is 1. The standard InChI is InChI=1S/C7H8BrN3OS/c1-4-6(8)2-5(13-4)3-10-11-7(9)12/h2-3H,1H3,(H3,9,11,12)/b10-3+. The molecule has 1 aromatic heterocycles. The minimum Gasteiger partial charge on any atom is -0.350 e. The molecule has 0 aliphatic rings. The quantitative estimate of drug-likeness (QED) is 0.619. The van der Waals surface area contributed by atoms with Crippen LogP contribution in [0, 0.1) is 6.92 Å². The van der Waals surface area contributed by atoms with Crippen molar-refractivity contribution < 1.29 is 4.79 Å². The maximum Gasteiger partial charge on any atom is 0.332 e. The van der Waals surface area contributed by atoms with Gasteiger partial charge in [-0.1, -0.05) is 0 Å². The number of hydrogen-bond donors (Lipinski definition) is 2. The van der Waals surface area contributed by atoms with Crippen LogP contribution in [0.3, 0.4) is 0 Å². The zero-order valence-electron chi connectivity index (χ0n) is 6.87. The molecule has 0 saturated carbocycles. The molecule has 0 aliphatic heterocycles. The molecular formula is C7H8BrN3OS. The fourth-order valence-electron chi connectivity index (χ4n) is 0.705. The largest absolute Gasteiger partial charge is 0.350 e. The molecule has 0 atom stereocenters. The van der Waals surface area contributed by atoms with Crippen molar-refractivity contribution >= 4 is 39.5 Å². The molecule has 0 fully saturated rings. The van der Waals surface area contributed by atoms with Gasteiger partial charge in [0.2, 0.25) is 0 Å². The smallest absolute Gasteiger partial charge is 0.332 e. The van der Waals surface area contributed by atoms with E-state index in [0.29, 0.717) is 0 Å². The van der Waals surface area contributed by atoms with Crippen molar-refractivity contribution in [3.8, 4) is 0 Å². The molecule has 1 aromatic rings. The molecule has 2 amide bonds. The number of nitrogens with zero attached hydrogens (tertiary/aromatic N) is 1. The van der Waals surface area contributed by atoms with Gasteiger partial charge in [0, 0.05) is 14.2 Å². The topological polar surface area (TPSA) is 67.5 Å². The predicted octanol–water partition coefficient (Wildman–Crippen LogP) is 1.82. The highest BCUT2D eigenvalue weighted by atomic mass is 79.9. The number of thiophene rings is 1. The first kappa shape index (κ1) is 10.2. The van der Waals surface area contributed by atoms with Gasteiger partial charge in [-0.25, -0.2) is 10.2 Å². The average Bonchev–Trinajstić information content (AvgIpc) is 2.30.